The van der Waals surface area contributed by atoms with Crippen LogP contribution in [-0.2, 0) is 11.4 Å². The van der Waals surface area contributed by atoms with E-state index in [2.05, 4.69) is 15.9 Å². The average Bonchev–Trinajstić information content (AvgIpc) is 3.09. The van der Waals surface area contributed by atoms with E-state index in [1.54, 1.807) is 37.5 Å². The maximum atomic E-state index is 13.0. The SMILES string of the molecule is COc1cc(/C=C2/SC(=O)N(CC3CCCCC3)C2=O)c(Br)cc1OCc1ccc(Cl)c(Cl)c1. The first-order valence-electron chi connectivity index (χ1n) is 11.1. The minimum absolute atomic E-state index is 0.202. The Balaban J connectivity index is 1.50. The molecule has 2 amide bonds. The van der Waals surface area contributed by atoms with Gasteiger partial charge in [0.1, 0.15) is 6.61 Å². The Morgan fingerprint density at radius 1 is 1.09 bits per heavy atom. The van der Waals surface area contributed by atoms with Crippen molar-refractivity contribution in [2.24, 2.45) is 5.92 Å². The van der Waals surface area contributed by atoms with Gasteiger partial charge in [-0.25, -0.2) is 0 Å². The molecule has 1 saturated carbocycles. The molecular formula is C25H24BrCl2NO4S. The van der Waals surface area contributed by atoms with Crippen molar-refractivity contribution in [1.29, 1.82) is 0 Å². The summed E-state index contributed by atoms with van der Waals surface area (Å²) in [5.74, 6) is 1.21. The van der Waals surface area contributed by atoms with Crippen LogP contribution < -0.4 is 9.47 Å². The van der Waals surface area contributed by atoms with Gasteiger partial charge in [0, 0.05) is 11.0 Å². The van der Waals surface area contributed by atoms with E-state index >= 15 is 0 Å². The number of ether oxygens (including phenoxy) is 2. The van der Waals surface area contributed by atoms with E-state index in [9.17, 15) is 9.59 Å². The van der Waals surface area contributed by atoms with Gasteiger partial charge >= 0.3 is 0 Å². The topological polar surface area (TPSA) is 55.8 Å². The second-order valence-electron chi connectivity index (χ2n) is 8.36. The van der Waals surface area contributed by atoms with E-state index in [4.69, 9.17) is 32.7 Å². The molecule has 9 heteroatoms. The number of carbonyl (C=O) groups excluding carboxylic acids is 2. The van der Waals surface area contributed by atoms with Crippen molar-refractivity contribution >= 4 is 68.1 Å². The second kappa shape index (κ2) is 11.4. The summed E-state index contributed by atoms with van der Waals surface area (Å²) in [5.41, 5.74) is 1.59. The van der Waals surface area contributed by atoms with Crippen molar-refractivity contribution in [1.82, 2.24) is 4.90 Å². The predicted octanol–water partition coefficient (Wildman–Crippen LogP) is 7.96. The number of carbonyl (C=O) groups is 2. The third-order valence-electron chi connectivity index (χ3n) is 5.99. The van der Waals surface area contributed by atoms with Gasteiger partial charge < -0.3 is 9.47 Å². The smallest absolute Gasteiger partial charge is 0.293 e. The quantitative estimate of drug-likeness (QED) is 0.309. The normalized spacial score (nSPS) is 18.1. The number of hydrogen-bond acceptors (Lipinski definition) is 5. The van der Waals surface area contributed by atoms with Gasteiger partial charge in [-0.1, -0.05) is 64.5 Å². The molecule has 2 aliphatic rings. The number of benzene rings is 2. The van der Waals surface area contributed by atoms with Gasteiger partial charge in [0.15, 0.2) is 11.5 Å². The Labute approximate surface area is 221 Å². The number of imide groups is 1. The highest BCUT2D eigenvalue weighted by atomic mass is 79.9. The van der Waals surface area contributed by atoms with Crippen LogP contribution in [-0.4, -0.2) is 29.7 Å². The Bertz CT molecular complexity index is 1130. The molecule has 0 unspecified atom stereocenters. The summed E-state index contributed by atoms with van der Waals surface area (Å²) in [6.07, 6.45) is 7.45. The van der Waals surface area contributed by atoms with Gasteiger partial charge in [-0.05, 0) is 72.0 Å². The molecule has 1 aliphatic heterocycles. The van der Waals surface area contributed by atoms with Crippen LogP contribution in [0.2, 0.25) is 10.0 Å². The summed E-state index contributed by atoms with van der Waals surface area (Å²) in [4.78, 5) is 27.3. The van der Waals surface area contributed by atoms with Crippen LogP contribution in [0.4, 0.5) is 4.79 Å². The Morgan fingerprint density at radius 3 is 2.56 bits per heavy atom. The highest BCUT2D eigenvalue weighted by Crippen LogP contribution is 2.39. The fourth-order valence-electron chi connectivity index (χ4n) is 4.15. The highest BCUT2D eigenvalue weighted by molar-refractivity contribution is 9.10. The molecule has 1 aliphatic carbocycles. The lowest BCUT2D eigenvalue weighted by atomic mass is 9.89. The molecule has 5 nitrogen and oxygen atoms in total. The fraction of sp³-hybridized carbons (Fsp3) is 0.360. The molecule has 0 aromatic heterocycles. The van der Waals surface area contributed by atoms with E-state index in [1.165, 1.54) is 24.2 Å². The minimum Gasteiger partial charge on any atom is -0.493 e. The van der Waals surface area contributed by atoms with Gasteiger partial charge in [-0.15, -0.1) is 0 Å². The van der Waals surface area contributed by atoms with E-state index in [0.717, 1.165) is 40.2 Å². The Hall–Kier alpha value is -1.67. The first kappa shape index (κ1) is 25.4. The van der Waals surface area contributed by atoms with Crippen molar-refractivity contribution in [3.05, 3.63) is 60.9 Å². The molecule has 1 heterocycles. The standard InChI is InChI=1S/C25H24BrCl2NO4S/c1-32-21-10-17(18(26)12-22(21)33-14-16-7-8-19(27)20(28)9-16)11-23-24(30)29(25(31)34-23)13-15-5-3-2-4-6-15/h7-12,15H,2-6,13-14H2,1H3/b23-11+. The van der Waals surface area contributed by atoms with Crippen LogP contribution in [0, 0.1) is 5.92 Å². The Morgan fingerprint density at radius 2 is 1.85 bits per heavy atom. The summed E-state index contributed by atoms with van der Waals surface area (Å²) >= 11 is 16.6. The van der Waals surface area contributed by atoms with Crippen LogP contribution in [0.5, 0.6) is 11.5 Å². The summed E-state index contributed by atoms with van der Waals surface area (Å²) in [7, 11) is 1.55. The first-order chi connectivity index (χ1) is 16.4. The number of hydrogen-bond donors (Lipinski definition) is 0. The highest BCUT2D eigenvalue weighted by Gasteiger charge is 2.36. The van der Waals surface area contributed by atoms with Crippen LogP contribution in [0.15, 0.2) is 39.7 Å². The summed E-state index contributed by atoms with van der Waals surface area (Å²) in [6.45, 7) is 0.785. The third kappa shape index (κ3) is 5.93. The van der Waals surface area contributed by atoms with Crippen LogP contribution in [0.3, 0.4) is 0 Å². The molecule has 0 bridgehead atoms. The molecule has 2 aromatic rings. The number of rotatable bonds is 7. The van der Waals surface area contributed by atoms with Gasteiger partial charge in [0.05, 0.1) is 22.1 Å². The zero-order valence-electron chi connectivity index (χ0n) is 18.6. The molecule has 180 valence electrons. The molecule has 0 N–H and O–H groups in total. The molecule has 2 fully saturated rings. The van der Waals surface area contributed by atoms with E-state index in [-0.39, 0.29) is 17.8 Å². The zero-order chi connectivity index (χ0) is 24.2. The molecule has 0 spiro atoms. The summed E-state index contributed by atoms with van der Waals surface area (Å²) < 4.78 is 12.2. The van der Waals surface area contributed by atoms with Crippen LogP contribution >= 0.6 is 50.9 Å². The predicted molar refractivity (Wildman–Crippen MR) is 141 cm³/mol. The van der Waals surface area contributed by atoms with Crippen molar-refractivity contribution in [2.45, 2.75) is 38.7 Å². The lowest BCUT2D eigenvalue weighted by Gasteiger charge is -2.25. The third-order valence-corrected chi connectivity index (χ3v) is 8.32. The van der Waals surface area contributed by atoms with E-state index in [0.29, 0.717) is 38.9 Å². The molecule has 0 radical (unpaired) electrons. The fourth-order valence-corrected chi connectivity index (χ4v) is 5.75. The molecule has 4 rings (SSSR count). The maximum Gasteiger partial charge on any atom is 0.293 e. The molecule has 0 atom stereocenters. The average molecular weight is 585 g/mol. The van der Waals surface area contributed by atoms with Gasteiger partial charge in [-0.2, -0.15) is 0 Å². The minimum atomic E-state index is -0.230. The summed E-state index contributed by atoms with van der Waals surface area (Å²) in [5, 5.41) is 0.744. The van der Waals surface area contributed by atoms with Crippen LogP contribution in [0.25, 0.3) is 6.08 Å². The van der Waals surface area contributed by atoms with Gasteiger partial charge in [-0.3, -0.25) is 14.5 Å². The first-order valence-corrected chi connectivity index (χ1v) is 13.4. The monoisotopic (exact) mass is 583 g/mol. The number of thioether (sulfide) groups is 1. The van der Waals surface area contributed by atoms with Crippen LogP contribution in [0.1, 0.15) is 43.2 Å². The van der Waals surface area contributed by atoms with Crippen molar-refractivity contribution < 1.29 is 19.1 Å². The van der Waals surface area contributed by atoms with Crippen molar-refractivity contribution in [3.63, 3.8) is 0 Å². The number of nitrogens with zero attached hydrogens (tertiary/aromatic N) is 1. The number of methoxy groups -OCH3 is 1. The van der Waals surface area contributed by atoms with Crippen molar-refractivity contribution in [3.8, 4) is 11.5 Å². The summed E-state index contributed by atoms with van der Waals surface area (Å²) in [6, 6.07) is 8.88. The molecule has 2 aromatic carbocycles. The van der Waals surface area contributed by atoms with E-state index < -0.39 is 0 Å². The number of halogens is 3. The lowest BCUT2D eigenvalue weighted by Crippen LogP contribution is -2.34. The van der Waals surface area contributed by atoms with Crippen molar-refractivity contribution in [2.75, 3.05) is 13.7 Å². The molecule has 1 saturated heterocycles. The van der Waals surface area contributed by atoms with E-state index in [1.807, 2.05) is 6.07 Å². The number of amides is 2. The molecular weight excluding hydrogens is 561 g/mol. The lowest BCUT2D eigenvalue weighted by molar-refractivity contribution is -0.123. The van der Waals surface area contributed by atoms with Gasteiger partial charge in [0.25, 0.3) is 11.1 Å². The Kier molecular flexibility index (Phi) is 8.51. The molecule has 34 heavy (non-hydrogen) atoms. The zero-order valence-corrected chi connectivity index (χ0v) is 22.5. The van der Waals surface area contributed by atoms with Gasteiger partial charge in [0.2, 0.25) is 0 Å². The largest absolute Gasteiger partial charge is 0.493 e. The maximum absolute atomic E-state index is 13.0. The second-order valence-corrected chi connectivity index (χ2v) is 11.0.